The molecule has 0 N–H and O–H groups in total. The average molecular weight is 313 g/mol. The molecule has 1 aromatic heterocycles. The van der Waals surface area contributed by atoms with Gasteiger partial charge in [0.2, 0.25) is 0 Å². The Morgan fingerprint density at radius 3 is 2.67 bits per heavy atom. The second-order valence-corrected chi connectivity index (χ2v) is 5.28. The lowest BCUT2D eigenvalue weighted by atomic mass is 10.1. The smallest absolute Gasteiger partial charge is 0.307 e. The lowest BCUT2D eigenvalue weighted by molar-refractivity contribution is 0.100. The largest absolute Gasteiger partial charge is 0.491 e. The first-order valence-electron chi connectivity index (χ1n) is 6.18. The molecule has 0 aliphatic heterocycles. The normalized spacial score (nSPS) is 10.7. The van der Waals surface area contributed by atoms with E-state index < -0.39 is 17.4 Å². The van der Waals surface area contributed by atoms with Gasteiger partial charge in [0, 0.05) is 23.2 Å². The number of ketones is 1. The fourth-order valence-corrected chi connectivity index (χ4v) is 2.69. The first-order chi connectivity index (χ1) is 9.90. The van der Waals surface area contributed by atoms with Crippen molar-refractivity contribution in [2.24, 2.45) is 0 Å². The summed E-state index contributed by atoms with van der Waals surface area (Å²) in [6.45, 7) is 3.22. The molecule has 0 bridgehead atoms. The summed E-state index contributed by atoms with van der Waals surface area (Å²) >= 11 is 1.07. The predicted octanol–water partition coefficient (Wildman–Crippen LogP) is 2.78. The highest BCUT2D eigenvalue weighted by atomic mass is 32.1. The van der Waals surface area contributed by atoms with Gasteiger partial charge in [0.15, 0.2) is 5.78 Å². The van der Waals surface area contributed by atoms with E-state index in [0.717, 1.165) is 23.1 Å². The number of ether oxygens (including phenoxy) is 1. The monoisotopic (exact) mass is 313 g/mol. The molecule has 0 fully saturated rings. The minimum absolute atomic E-state index is 0.0284. The molecule has 21 heavy (non-hydrogen) atoms. The van der Waals surface area contributed by atoms with Crippen molar-refractivity contribution in [2.75, 3.05) is 6.61 Å². The van der Waals surface area contributed by atoms with Crippen molar-refractivity contribution >= 4 is 17.1 Å². The minimum atomic E-state index is -0.957. The Bertz CT molecular complexity index is 736. The van der Waals surface area contributed by atoms with E-state index in [0.29, 0.717) is 6.07 Å². The number of aryl methyl sites for hydroxylation is 1. The Balaban J connectivity index is 2.17. The van der Waals surface area contributed by atoms with Gasteiger partial charge in [-0.25, -0.2) is 8.78 Å². The molecule has 0 unspecified atom stereocenters. The van der Waals surface area contributed by atoms with E-state index in [4.69, 9.17) is 4.74 Å². The Morgan fingerprint density at radius 2 is 2.10 bits per heavy atom. The van der Waals surface area contributed by atoms with Crippen LogP contribution in [-0.4, -0.2) is 17.0 Å². The van der Waals surface area contributed by atoms with Gasteiger partial charge in [0.25, 0.3) is 0 Å². The van der Waals surface area contributed by atoms with Gasteiger partial charge in [-0.3, -0.25) is 14.2 Å². The molecular weight excluding hydrogens is 300 g/mol. The number of carbonyl (C=O) groups is 1. The molecule has 2 aromatic rings. The third kappa shape index (κ3) is 3.36. The Kier molecular flexibility index (Phi) is 4.52. The zero-order valence-corrected chi connectivity index (χ0v) is 12.3. The number of benzene rings is 1. The van der Waals surface area contributed by atoms with Crippen LogP contribution >= 0.6 is 11.3 Å². The third-order valence-electron chi connectivity index (χ3n) is 2.92. The molecule has 2 rings (SSSR count). The van der Waals surface area contributed by atoms with E-state index in [2.05, 4.69) is 0 Å². The molecule has 0 saturated heterocycles. The molecule has 0 saturated carbocycles. The van der Waals surface area contributed by atoms with E-state index in [1.807, 2.05) is 0 Å². The van der Waals surface area contributed by atoms with E-state index >= 15 is 0 Å². The maximum atomic E-state index is 13.6. The molecule has 0 aliphatic carbocycles. The van der Waals surface area contributed by atoms with Crippen LogP contribution in [0.15, 0.2) is 22.3 Å². The highest BCUT2D eigenvalue weighted by Crippen LogP contribution is 2.24. The van der Waals surface area contributed by atoms with Crippen molar-refractivity contribution in [3.8, 4) is 5.75 Å². The van der Waals surface area contributed by atoms with Crippen LogP contribution < -0.4 is 9.61 Å². The van der Waals surface area contributed by atoms with Gasteiger partial charge >= 0.3 is 4.87 Å². The highest BCUT2D eigenvalue weighted by Gasteiger charge is 2.16. The Morgan fingerprint density at radius 1 is 1.38 bits per heavy atom. The number of aromatic nitrogens is 1. The summed E-state index contributed by atoms with van der Waals surface area (Å²) in [7, 11) is 0. The van der Waals surface area contributed by atoms with Crippen LogP contribution in [0.4, 0.5) is 8.78 Å². The maximum absolute atomic E-state index is 13.6. The number of nitrogens with zero attached hydrogens (tertiary/aromatic N) is 1. The van der Waals surface area contributed by atoms with Crippen LogP contribution in [0.1, 0.15) is 23.0 Å². The van der Waals surface area contributed by atoms with E-state index in [1.54, 1.807) is 12.3 Å². The molecule has 1 heterocycles. The van der Waals surface area contributed by atoms with Crippen LogP contribution in [0.3, 0.4) is 0 Å². The zero-order valence-electron chi connectivity index (χ0n) is 11.5. The standard InChI is InChI=1S/C14H13F2NO3S/c1-8-7-21-14(19)17(8)3-4-20-12-6-10(15)5-11(16)13(12)9(2)18/h5-7H,3-4H2,1-2H3. The Hall–Kier alpha value is -2.02. The first kappa shape index (κ1) is 15.4. The minimum Gasteiger partial charge on any atom is -0.491 e. The average Bonchev–Trinajstić information content (AvgIpc) is 2.69. The van der Waals surface area contributed by atoms with Crippen molar-refractivity contribution in [2.45, 2.75) is 20.4 Å². The van der Waals surface area contributed by atoms with Crippen molar-refractivity contribution < 1.29 is 18.3 Å². The number of hydrogen-bond donors (Lipinski definition) is 0. The van der Waals surface area contributed by atoms with E-state index in [1.165, 1.54) is 11.5 Å². The lowest BCUT2D eigenvalue weighted by Gasteiger charge is -2.11. The molecule has 1 aromatic carbocycles. The van der Waals surface area contributed by atoms with Crippen molar-refractivity contribution in [1.29, 1.82) is 0 Å². The highest BCUT2D eigenvalue weighted by molar-refractivity contribution is 7.07. The molecule has 0 amide bonds. The van der Waals surface area contributed by atoms with Gasteiger partial charge in [-0.2, -0.15) is 0 Å². The molecule has 0 radical (unpaired) electrons. The second-order valence-electron chi connectivity index (χ2n) is 4.46. The molecule has 0 atom stereocenters. The summed E-state index contributed by atoms with van der Waals surface area (Å²) in [6, 6.07) is 1.60. The second kappa shape index (κ2) is 6.17. The fourth-order valence-electron chi connectivity index (χ4n) is 1.93. The van der Waals surface area contributed by atoms with Crippen LogP contribution in [0, 0.1) is 18.6 Å². The topological polar surface area (TPSA) is 48.3 Å². The summed E-state index contributed by atoms with van der Waals surface area (Å²) in [5.74, 6) is -2.48. The summed E-state index contributed by atoms with van der Waals surface area (Å²) in [4.78, 5) is 22.8. The van der Waals surface area contributed by atoms with Crippen LogP contribution in [0.5, 0.6) is 5.75 Å². The van der Waals surface area contributed by atoms with Crippen LogP contribution in [0.2, 0.25) is 0 Å². The van der Waals surface area contributed by atoms with E-state index in [9.17, 15) is 18.4 Å². The van der Waals surface area contributed by atoms with Gasteiger partial charge in [0.05, 0.1) is 12.1 Å². The molecule has 7 heteroatoms. The Labute approximate surface area is 123 Å². The number of hydrogen-bond acceptors (Lipinski definition) is 4. The molecule has 112 valence electrons. The number of carbonyl (C=O) groups excluding carboxylic acids is 1. The summed E-state index contributed by atoms with van der Waals surface area (Å²) in [5, 5.41) is 1.71. The van der Waals surface area contributed by atoms with Crippen molar-refractivity contribution in [1.82, 2.24) is 4.57 Å². The lowest BCUT2D eigenvalue weighted by Crippen LogP contribution is -2.19. The number of Topliss-reactive ketones (excluding diaryl/α,β-unsaturated/α-hetero) is 1. The predicted molar refractivity (Wildman–Crippen MR) is 75.2 cm³/mol. The summed E-state index contributed by atoms with van der Waals surface area (Å²) in [5.41, 5.74) is 0.497. The van der Waals surface area contributed by atoms with Crippen LogP contribution in [0.25, 0.3) is 0 Å². The van der Waals surface area contributed by atoms with Gasteiger partial charge in [0.1, 0.15) is 24.0 Å². The maximum Gasteiger partial charge on any atom is 0.307 e. The fraction of sp³-hybridized carbons (Fsp3) is 0.286. The third-order valence-corrected chi connectivity index (χ3v) is 3.80. The number of rotatable bonds is 5. The van der Waals surface area contributed by atoms with Gasteiger partial charge in [-0.15, -0.1) is 0 Å². The summed E-state index contributed by atoms with van der Waals surface area (Å²) < 4.78 is 33.6. The zero-order chi connectivity index (χ0) is 15.6. The van der Waals surface area contributed by atoms with Gasteiger partial charge in [-0.1, -0.05) is 11.3 Å². The number of thiazole rings is 1. The van der Waals surface area contributed by atoms with Crippen LogP contribution in [-0.2, 0) is 6.54 Å². The first-order valence-corrected chi connectivity index (χ1v) is 7.06. The van der Waals surface area contributed by atoms with Gasteiger partial charge < -0.3 is 4.74 Å². The molecule has 0 spiro atoms. The molecule has 0 aliphatic rings. The number of halogens is 2. The summed E-state index contributed by atoms with van der Waals surface area (Å²) in [6.07, 6.45) is 0. The molecule has 4 nitrogen and oxygen atoms in total. The van der Waals surface area contributed by atoms with Crippen molar-refractivity contribution in [3.05, 3.63) is 50.1 Å². The SMILES string of the molecule is CC(=O)c1c(F)cc(F)cc1OCCn1c(C)csc1=O. The van der Waals surface area contributed by atoms with Crippen molar-refractivity contribution in [3.63, 3.8) is 0 Å². The van der Waals surface area contributed by atoms with Gasteiger partial charge in [-0.05, 0) is 13.8 Å². The van der Waals surface area contributed by atoms with E-state index in [-0.39, 0.29) is 29.3 Å². The quantitative estimate of drug-likeness (QED) is 0.798. The molecular formula is C14H13F2NO3S.